The highest BCUT2D eigenvalue weighted by Crippen LogP contribution is 2.37. The van der Waals surface area contributed by atoms with Crippen molar-refractivity contribution in [3.8, 4) is 0 Å². The van der Waals surface area contributed by atoms with Gasteiger partial charge in [-0.05, 0) is 57.7 Å². The van der Waals surface area contributed by atoms with Crippen LogP contribution in [0.25, 0.3) is 10.9 Å². The fraction of sp³-hybridized carbons (Fsp3) is 0.500. The molecule has 1 aromatic carbocycles. The predicted molar refractivity (Wildman–Crippen MR) is 164 cm³/mol. The average Bonchev–Trinajstić information content (AvgIpc) is 3.71. The first-order chi connectivity index (χ1) is 20.1. The third kappa shape index (κ3) is 5.22. The largest absolute Gasteiger partial charge is 0.496 e. The molecule has 11 heteroatoms. The number of nitrogens with zero attached hydrogens (tertiary/aromatic N) is 3. The molecule has 3 aliphatic heterocycles. The topological polar surface area (TPSA) is 117 Å². The van der Waals surface area contributed by atoms with Crippen molar-refractivity contribution in [2.45, 2.75) is 84.2 Å². The van der Waals surface area contributed by atoms with Gasteiger partial charge in [0.1, 0.15) is 17.4 Å². The number of pyridine rings is 1. The number of hydrogen-bond acceptors (Lipinski definition) is 6. The van der Waals surface area contributed by atoms with E-state index in [1.54, 1.807) is 18.3 Å². The van der Waals surface area contributed by atoms with Crippen LogP contribution in [0.2, 0.25) is 0 Å². The Hall–Kier alpha value is -3.70. The van der Waals surface area contributed by atoms with E-state index in [1.807, 2.05) is 88.6 Å². The Balaban J connectivity index is 1.11. The Labute approximate surface area is 252 Å². The number of hydrogen-bond donors (Lipinski definition) is 2. The minimum Gasteiger partial charge on any atom is -0.399 e. The number of aromatic amines is 1. The smallest absolute Gasteiger partial charge is 0.399 e. The lowest BCUT2D eigenvalue weighted by Gasteiger charge is -2.39. The summed E-state index contributed by atoms with van der Waals surface area (Å²) in [7, 11) is -0.545. The van der Waals surface area contributed by atoms with Gasteiger partial charge in [0.05, 0.1) is 23.3 Å². The highest BCUT2D eigenvalue weighted by Gasteiger charge is 2.52. The first-order valence-corrected chi connectivity index (χ1v) is 15.0. The molecule has 3 aliphatic rings. The second kappa shape index (κ2) is 10.2. The van der Waals surface area contributed by atoms with Gasteiger partial charge in [-0.1, -0.05) is 45.0 Å². The second-order valence-electron chi connectivity index (χ2n) is 14.1. The van der Waals surface area contributed by atoms with Gasteiger partial charge in [-0.25, -0.2) is 0 Å². The number of H-pyrrole nitrogens is 1. The van der Waals surface area contributed by atoms with Crippen molar-refractivity contribution in [2.24, 2.45) is 5.41 Å². The number of amides is 3. The van der Waals surface area contributed by atoms with E-state index in [4.69, 9.17) is 9.31 Å². The molecule has 10 nitrogen and oxygen atoms in total. The van der Waals surface area contributed by atoms with Gasteiger partial charge in [-0.3, -0.25) is 19.4 Å². The van der Waals surface area contributed by atoms with E-state index < -0.39 is 29.8 Å². The lowest BCUT2D eigenvalue weighted by atomic mass is 9.80. The van der Waals surface area contributed by atoms with Crippen LogP contribution < -0.4 is 10.8 Å². The SMILES string of the molecule is CC(C)(C)C(NC(=O)c1cc2ccccc2[nH]1)C(=O)N1CC2CC1CN2C(=O)c1ccc(B2OC(C)(C)C(C)(C)O2)cn1. The van der Waals surface area contributed by atoms with E-state index >= 15 is 0 Å². The summed E-state index contributed by atoms with van der Waals surface area (Å²) < 4.78 is 12.2. The molecule has 5 heterocycles. The minimum atomic E-state index is -0.723. The van der Waals surface area contributed by atoms with Crippen LogP contribution in [0.4, 0.5) is 0 Å². The number of nitrogens with one attached hydrogen (secondary N) is 2. The zero-order valence-electron chi connectivity index (χ0n) is 25.9. The molecule has 3 atom stereocenters. The van der Waals surface area contributed by atoms with Crippen molar-refractivity contribution in [1.29, 1.82) is 0 Å². The number of benzene rings is 1. The van der Waals surface area contributed by atoms with Crippen LogP contribution in [-0.4, -0.2) is 87.0 Å². The first kappa shape index (κ1) is 29.4. The molecule has 3 fully saturated rings. The summed E-state index contributed by atoms with van der Waals surface area (Å²) in [4.78, 5) is 51.8. The zero-order valence-corrected chi connectivity index (χ0v) is 25.9. The normalized spacial score (nSPS) is 23.2. The second-order valence-corrected chi connectivity index (χ2v) is 14.1. The molecule has 0 spiro atoms. The van der Waals surface area contributed by atoms with Gasteiger partial charge in [0.15, 0.2) is 0 Å². The van der Waals surface area contributed by atoms with Crippen LogP contribution in [0.3, 0.4) is 0 Å². The number of rotatable bonds is 5. The van der Waals surface area contributed by atoms with Gasteiger partial charge in [-0.2, -0.15) is 0 Å². The lowest BCUT2D eigenvalue weighted by Crippen LogP contribution is -2.59. The van der Waals surface area contributed by atoms with E-state index in [0.717, 1.165) is 16.4 Å². The summed E-state index contributed by atoms with van der Waals surface area (Å²) in [5.74, 6) is -0.596. The number of likely N-dealkylation sites (tertiary alicyclic amines) is 2. The maximum atomic E-state index is 13.9. The highest BCUT2D eigenvalue weighted by atomic mass is 16.7. The Morgan fingerprint density at radius 2 is 1.65 bits per heavy atom. The molecule has 3 amide bonds. The fourth-order valence-electron chi connectivity index (χ4n) is 6.20. The van der Waals surface area contributed by atoms with Crippen LogP contribution in [-0.2, 0) is 14.1 Å². The molecule has 3 aromatic rings. The number of para-hydroxylation sites is 1. The molecule has 2 bridgehead atoms. The number of piperazine rings is 1. The van der Waals surface area contributed by atoms with Gasteiger partial charge in [-0.15, -0.1) is 0 Å². The van der Waals surface area contributed by atoms with Gasteiger partial charge < -0.3 is 29.4 Å². The summed E-state index contributed by atoms with van der Waals surface area (Å²) in [6, 6.07) is 12.1. The maximum absolute atomic E-state index is 13.9. The summed E-state index contributed by atoms with van der Waals surface area (Å²) in [5.41, 5.74) is 0.955. The highest BCUT2D eigenvalue weighted by molar-refractivity contribution is 6.62. The van der Waals surface area contributed by atoms with Crippen LogP contribution in [0.5, 0.6) is 0 Å². The van der Waals surface area contributed by atoms with E-state index in [2.05, 4.69) is 15.3 Å². The molecule has 6 rings (SSSR count). The van der Waals surface area contributed by atoms with Crippen molar-refractivity contribution >= 4 is 41.2 Å². The Kier molecular flexibility index (Phi) is 6.97. The molecule has 0 saturated carbocycles. The van der Waals surface area contributed by atoms with Crippen molar-refractivity contribution in [3.05, 3.63) is 60.0 Å². The first-order valence-electron chi connectivity index (χ1n) is 15.0. The van der Waals surface area contributed by atoms with E-state index in [-0.39, 0.29) is 29.8 Å². The monoisotopic (exact) mass is 585 g/mol. The van der Waals surface area contributed by atoms with Gasteiger partial charge in [0.2, 0.25) is 5.91 Å². The average molecular weight is 586 g/mol. The molecule has 0 aliphatic carbocycles. The zero-order chi connectivity index (χ0) is 30.9. The molecular formula is C32H40BN5O5. The number of aromatic nitrogens is 2. The Morgan fingerprint density at radius 1 is 1.00 bits per heavy atom. The third-order valence-electron chi connectivity index (χ3n) is 9.48. The molecular weight excluding hydrogens is 545 g/mol. The summed E-state index contributed by atoms with van der Waals surface area (Å²) >= 11 is 0. The van der Waals surface area contributed by atoms with Crippen LogP contribution in [0.1, 0.15) is 75.9 Å². The molecule has 2 aromatic heterocycles. The predicted octanol–water partition coefficient (Wildman–Crippen LogP) is 3.13. The van der Waals surface area contributed by atoms with Crippen LogP contribution in [0.15, 0.2) is 48.7 Å². The van der Waals surface area contributed by atoms with E-state index in [9.17, 15) is 14.4 Å². The van der Waals surface area contributed by atoms with Gasteiger partial charge in [0, 0.05) is 35.7 Å². The molecule has 43 heavy (non-hydrogen) atoms. The number of carbonyl (C=O) groups is 3. The van der Waals surface area contributed by atoms with Gasteiger partial charge in [0.25, 0.3) is 11.8 Å². The molecule has 2 N–H and O–H groups in total. The number of carbonyl (C=O) groups excluding carboxylic acids is 3. The maximum Gasteiger partial charge on any atom is 0.496 e. The van der Waals surface area contributed by atoms with Gasteiger partial charge >= 0.3 is 7.12 Å². The third-order valence-corrected chi connectivity index (χ3v) is 9.48. The summed E-state index contributed by atoms with van der Waals surface area (Å²) in [6.45, 7) is 14.7. The molecule has 3 saturated heterocycles. The fourth-order valence-corrected chi connectivity index (χ4v) is 6.20. The quantitative estimate of drug-likeness (QED) is 0.445. The lowest BCUT2D eigenvalue weighted by molar-refractivity contribution is -0.138. The summed E-state index contributed by atoms with van der Waals surface area (Å²) in [6.07, 6.45) is 2.35. The van der Waals surface area contributed by atoms with Crippen molar-refractivity contribution < 1.29 is 23.7 Å². The Bertz CT molecular complexity index is 1530. The summed E-state index contributed by atoms with van der Waals surface area (Å²) in [5, 5.41) is 3.93. The van der Waals surface area contributed by atoms with E-state index in [1.165, 1.54) is 0 Å². The van der Waals surface area contributed by atoms with Crippen molar-refractivity contribution in [1.82, 2.24) is 25.1 Å². The molecule has 226 valence electrons. The molecule has 3 unspecified atom stereocenters. The van der Waals surface area contributed by atoms with Crippen molar-refractivity contribution in [2.75, 3.05) is 13.1 Å². The Morgan fingerprint density at radius 3 is 2.23 bits per heavy atom. The standard InChI is InChI=1S/C32H40BN5O5/c1-30(2,3)26(36-27(39)25-14-19-10-8-9-11-23(19)35-25)29(41)38-18-21-15-22(38)17-37(21)28(40)24-13-12-20(16-34-24)33-42-31(4,5)32(6,7)43-33/h8-14,16,21-22,26,35H,15,17-18H2,1-7H3,(H,36,39). The molecule has 0 radical (unpaired) electrons. The minimum absolute atomic E-state index is 0.101. The van der Waals surface area contributed by atoms with Crippen LogP contribution in [0, 0.1) is 5.41 Å². The van der Waals surface area contributed by atoms with Crippen molar-refractivity contribution in [3.63, 3.8) is 0 Å². The van der Waals surface area contributed by atoms with Crippen LogP contribution >= 0.6 is 0 Å². The van der Waals surface area contributed by atoms with E-state index in [0.29, 0.717) is 30.9 Å². The number of fused-ring (bicyclic) bond motifs is 3.